The van der Waals surface area contributed by atoms with Gasteiger partial charge in [0.05, 0.1) is 23.7 Å². The van der Waals surface area contributed by atoms with Crippen molar-refractivity contribution in [2.45, 2.75) is 50.7 Å². The Morgan fingerprint density at radius 1 is 0.824 bits per heavy atom. The van der Waals surface area contributed by atoms with E-state index in [-0.39, 0.29) is 18.0 Å². The highest BCUT2D eigenvalue weighted by atomic mass is 79.9. The Hall–Kier alpha value is -2.43. The summed E-state index contributed by atoms with van der Waals surface area (Å²) in [6.07, 6.45) is 0. The topological polar surface area (TPSA) is 108 Å². The van der Waals surface area contributed by atoms with Gasteiger partial charge < -0.3 is 14.2 Å². The maximum absolute atomic E-state index is 12.9. The van der Waals surface area contributed by atoms with Gasteiger partial charge in [-0.2, -0.15) is 0 Å². The normalized spacial score (nSPS) is 12.2. The molecule has 0 radical (unpaired) electrons. The van der Waals surface area contributed by atoms with Crippen LogP contribution in [0.5, 0.6) is 11.5 Å². The van der Waals surface area contributed by atoms with Gasteiger partial charge in [0.2, 0.25) is 0 Å². The lowest BCUT2D eigenvalue weighted by Crippen LogP contribution is -2.40. The first-order valence-corrected chi connectivity index (χ1v) is 13.0. The van der Waals surface area contributed by atoms with Crippen LogP contribution in [0.2, 0.25) is 0 Å². The number of sulfone groups is 1. The summed E-state index contributed by atoms with van der Waals surface area (Å²) in [6.45, 7) is 7.83. The van der Waals surface area contributed by atoms with Crippen LogP contribution in [0.1, 0.15) is 34.6 Å². The summed E-state index contributed by atoms with van der Waals surface area (Å²) in [7, 11) is -3.75. The van der Waals surface area contributed by atoms with Gasteiger partial charge in [0.25, 0.3) is 0 Å². The van der Waals surface area contributed by atoms with Gasteiger partial charge in [-0.1, -0.05) is 15.9 Å². The van der Waals surface area contributed by atoms with Gasteiger partial charge in [0.1, 0.15) is 22.7 Å². The summed E-state index contributed by atoms with van der Waals surface area (Å²) in [4.78, 5) is 23.9. The standard InChI is InChI=1S/C24H30BrNO7S/c1-23(2,3)32-21(27)14-26-15-22(28)33-24(4,5)16-34(29,30)20-12-10-19(11-13-20)31-18-8-6-17(25)7-9-18/h6-13,26H,14-16H2,1-5H3. The number of hydrogen-bond donors (Lipinski definition) is 1. The first kappa shape index (κ1) is 27.8. The molecule has 0 fully saturated rings. The Morgan fingerprint density at radius 3 is 1.79 bits per heavy atom. The molecule has 0 spiro atoms. The van der Waals surface area contributed by atoms with E-state index >= 15 is 0 Å². The Balaban J connectivity index is 1.90. The van der Waals surface area contributed by atoms with Crippen molar-refractivity contribution in [3.05, 3.63) is 53.0 Å². The minimum atomic E-state index is -3.75. The van der Waals surface area contributed by atoms with Crippen molar-refractivity contribution in [1.29, 1.82) is 0 Å². The van der Waals surface area contributed by atoms with E-state index in [9.17, 15) is 18.0 Å². The number of ether oxygens (including phenoxy) is 3. The molecule has 0 aliphatic heterocycles. The van der Waals surface area contributed by atoms with Gasteiger partial charge in [-0.15, -0.1) is 0 Å². The zero-order valence-electron chi connectivity index (χ0n) is 19.9. The Labute approximate surface area is 209 Å². The van der Waals surface area contributed by atoms with Crippen molar-refractivity contribution in [2.75, 3.05) is 18.8 Å². The highest BCUT2D eigenvalue weighted by Crippen LogP contribution is 2.26. The molecule has 8 nitrogen and oxygen atoms in total. The second-order valence-electron chi connectivity index (χ2n) is 9.21. The van der Waals surface area contributed by atoms with Crippen LogP contribution in [0, 0.1) is 0 Å². The fourth-order valence-corrected chi connectivity index (χ4v) is 4.87. The van der Waals surface area contributed by atoms with Gasteiger partial charge in [0.15, 0.2) is 9.84 Å². The maximum Gasteiger partial charge on any atom is 0.320 e. The van der Waals surface area contributed by atoms with E-state index in [1.54, 1.807) is 45.0 Å². The summed E-state index contributed by atoms with van der Waals surface area (Å²) in [5, 5.41) is 2.64. The number of nitrogens with one attached hydrogen (secondary N) is 1. The lowest BCUT2D eigenvalue weighted by molar-refractivity contribution is -0.155. The molecule has 1 N–H and O–H groups in total. The van der Waals surface area contributed by atoms with E-state index < -0.39 is 38.7 Å². The van der Waals surface area contributed by atoms with E-state index in [0.29, 0.717) is 11.5 Å². The van der Waals surface area contributed by atoms with E-state index in [4.69, 9.17) is 14.2 Å². The summed E-state index contributed by atoms with van der Waals surface area (Å²) in [5.74, 6) is -0.489. The van der Waals surface area contributed by atoms with Crippen LogP contribution in [-0.2, 0) is 28.9 Å². The number of esters is 2. The molecule has 10 heteroatoms. The fraction of sp³-hybridized carbons (Fsp3) is 0.417. The van der Waals surface area contributed by atoms with Crippen LogP contribution in [0.4, 0.5) is 0 Å². The average Bonchev–Trinajstić information content (AvgIpc) is 2.67. The molecule has 0 aliphatic carbocycles. The van der Waals surface area contributed by atoms with E-state index in [1.165, 1.54) is 26.0 Å². The molecule has 0 heterocycles. The minimum absolute atomic E-state index is 0.0860. The molecule has 0 saturated carbocycles. The molecule has 186 valence electrons. The molecular formula is C24H30BrNO7S. The molecule has 0 atom stereocenters. The van der Waals surface area contributed by atoms with Gasteiger partial charge in [0, 0.05) is 4.47 Å². The van der Waals surface area contributed by atoms with Crippen LogP contribution in [-0.4, -0.2) is 50.4 Å². The number of halogens is 1. The first-order valence-electron chi connectivity index (χ1n) is 10.6. The smallest absolute Gasteiger partial charge is 0.320 e. The van der Waals surface area contributed by atoms with Gasteiger partial charge >= 0.3 is 11.9 Å². The molecule has 0 saturated heterocycles. The van der Waals surface area contributed by atoms with Crippen molar-refractivity contribution < 1.29 is 32.2 Å². The third kappa shape index (κ3) is 9.82. The Morgan fingerprint density at radius 2 is 1.29 bits per heavy atom. The molecule has 0 aliphatic rings. The van der Waals surface area contributed by atoms with Crippen molar-refractivity contribution in [3.63, 3.8) is 0 Å². The zero-order chi connectivity index (χ0) is 25.6. The van der Waals surface area contributed by atoms with Crippen LogP contribution in [0.15, 0.2) is 57.9 Å². The first-order chi connectivity index (χ1) is 15.7. The monoisotopic (exact) mass is 555 g/mol. The lowest BCUT2D eigenvalue weighted by Gasteiger charge is -2.25. The van der Waals surface area contributed by atoms with Crippen LogP contribution < -0.4 is 10.1 Å². The number of rotatable bonds is 10. The quantitative estimate of drug-likeness (QED) is 0.433. The third-order valence-electron chi connectivity index (χ3n) is 4.12. The zero-order valence-corrected chi connectivity index (χ0v) is 22.3. The molecule has 0 amide bonds. The minimum Gasteiger partial charge on any atom is -0.459 e. The number of hydrogen-bond acceptors (Lipinski definition) is 8. The fourth-order valence-electron chi connectivity index (χ4n) is 2.91. The second-order valence-corrected chi connectivity index (χ2v) is 12.1. The number of carbonyl (C=O) groups excluding carboxylic acids is 2. The molecule has 2 aromatic carbocycles. The van der Waals surface area contributed by atoms with Gasteiger partial charge in [-0.25, -0.2) is 8.42 Å². The highest BCUT2D eigenvalue weighted by molar-refractivity contribution is 9.10. The predicted molar refractivity (Wildman–Crippen MR) is 132 cm³/mol. The molecular weight excluding hydrogens is 526 g/mol. The number of carbonyl (C=O) groups is 2. The van der Waals surface area contributed by atoms with Gasteiger partial charge in [-0.3, -0.25) is 14.9 Å². The van der Waals surface area contributed by atoms with Crippen molar-refractivity contribution in [2.24, 2.45) is 0 Å². The van der Waals surface area contributed by atoms with E-state index in [2.05, 4.69) is 21.2 Å². The van der Waals surface area contributed by atoms with E-state index in [1.807, 2.05) is 12.1 Å². The third-order valence-corrected chi connectivity index (χ3v) is 6.71. The molecule has 0 unspecified atom stereocenters. The van der Waals surface area contributed by atoms with Crippen molar-refractivity contribution in [3.8, 4) is 11.5 Å². The molecule has 2 rings (SSSR count). The average molecular weight is 556 g/mol. The summed E-state index contributed by atoms with van der Waals surface area (Å²) < 4.78 is 42.8. The van der Waals surface area contributed by atoms with Crippen molar-refractivity contribution in [1.82, 2.24) is 5.32 Å². The molecule has 0 bridgehead atoms. The lowest BCUT2D eigenvalue weighted by atomic mass is 10.2. The SMILES string of the molecule is CC(C)(C)OC(=O)CNCC(=O)OC(C)(C)CS(=O)(=O)c1ccc(Oc2ccc(Br)cc2)cc1. The highest BCUT2D eigenvalue weighted by Gasteiger charge is 2.31. The molecule has 0 aromatic heterocycles. The largest absolute Gasteiger partial charge is 0.459 e. The maximum atomic E-state index is 12.9. The van der Waals surface area contributed by atoms with E-state index in [0.717, 1.165) is 4.47 Å². The summed E-state index contributed by atoms with van der Waals surface area (Å²) in [5.41, 5.74) is -1.91. The Kier molecular flexibility index (Phi) is 9.27. The summed E-state index contributed by atoms with van der Waals surface area (Å²) in [6, 6.07) is 13.3. The molecule has 2 aromatic rings. The number of benzene rings is 2. The van der Waals surface area contributed by atoms with Crippen LogP contribution in [0.25, 0.3) is 0 Å². The van der Waals surface area contributed by atoms with Gasteiger partial charge in [-0.05, 0) is 83.1 Å². The van der Waals surface area contributed by atoms with Crippen LogP contribution in [0.3, 0.4) is 0 Å². The summed E-state index contributed by atoms with van der Waals surface area (Å²) >= 11 is 3.35. The predicted octanol–water partition coefficient (Wildman–Crippen LogP) is 4.27. The van der Waals surface area contributed by atoms with Crippen LogP contribution >= 0.6 is 15.9 Å². The van der Waals surface area contributed by atoms with Crippen molar-refractivity contribution >= 4 is 37.7 Å². The second kappa shape index (κ2) is 11.3. The Bertz CT molecular complexity index is 1090. The molecule has 34 heavy (non-hydrogen) atoms.